The summed E-state index contributed by atoms with van der Waals surface area (Å²) in [6.07, 6.45) is 9.29. The third-order valence-corrected chi connectivity index (χ3v) is 14.7. The topological polar surface area (TPSA) is 13.1 Å². The summed E-state index contributed by atoms with van der Waals surface area (Å²) in [5.74, 6) is 0.862. The van der Waals surface area contributed by atoms with Gasteiger partial charge in [-0.3, -0.25) is 0 Å². The second-order valence-corrected chi connectivity index (χ2v) is 17.8. The minimum atomic E-state index is 0.0314. The highest BCUT2D eigenvalue weighted by molar-refractivity contribution is 7.26. The van der Waals surface area contributed by atoms with Gasteiger partial charge in [0, 0.05) is 42.2 Å². The van der Waals surface area contributed by atoms with Crippen LogP contribution in [0.15, 0.2) is 174 Å². The molecule has 2 unspecified atom stereocenters. The zero-order chi connectivity index (χ0) is 37.6. The van der Waals surface area contributed by atoms with E-state index in [1.54, 1.807) is 0 Å². The first-order valence-electron chi connectivity index (χ1n) is 20.1. The van der Waals surface area contributed by atoms with Gasteiger partial charge in [0.25, 0.3) is 0 Å². The number of benzene rings is 9. The van der Waals surface area contributed by atoms with Gasteiger partial charge in [-0.15, -0.1) is 11.3 Å². The molecule has 13 rings (SSSR count). The van der Waals surface area contributed by atoms with Crippen molar-refractivity contribution in [2.75, 3.05) is 0 Å². The molecule has 0 saturated carbocycles. The highest BCUT2D eigenvalue weighted by atomic mass is 32.1. The van der Waals surface area contributed by atoms with E-state index in [-0.39, 0.29) is 5.41 Å². The molecule has 2 aliphatic rings. The van der Waals surface area contributed by atoms with Gasteiger partial charge >= 0.3 is 0 Å². The molecule has 0 spiro atoms. The molecule has 9 aromatic carbocycles. The SMILES string of the molecule is CC1(C)c2cc(-c3ccc4oc5ccc(-c6ccc7c(c6)c6ccccc6c6c7ccc7c8ccccc8sc76)cc5c4c3)c3ccccc3c2C2C=CC=CC21. The van der Waals surface area contributed by atoms with E-state index >= 15 is 0 Å². The van der Waals surface area contributed by atoms with Crippen LogP contribution in [0.3, 0.4) is 0 Å². The number of furan rings is 1. The van der Waals surface area contributed by atoms with Crippen molar-refractivity contribution in [3.8, 4) is 22.3 Å². The fraction of sp³-hybridized carbons (Fsp3) is 0.0909. The second-order valence-electron chi connectivity index (χ2n) is 16.8. The molecule has 0 aliphatic heterocycles. The average Bonchev–Trinajstić information content (AvgIpc) is 3.90. The van der Waals surface area contributed by atoms with E-state index in [9.17, 15) is 0 Å². The maximum absolute atomic E-state index is 6.51. The van der Waals surface area contributed by atoms with Crippen molar-refractivity contribution in [3.05, 3.63) is 181 Å². The molecule has 0 amide bonds. The molecule has 2 aliphatic carbocycles. The first-order chi connectivity index (χ1) is 28.0. The molecule has 57 heavy (non-hydrogen) atoms. The third kappa shape index (κ3) is 4.29. The molecule has 0 bridgehead atoms. The van der Waals surface area contributed by atoms with Crippen molar-refractivity contribution in [1.82, 2.24) is 0 Å². The van der Waals surface area contributed by atoms with Crippen molar-refractivity contribution < 1.29 is 4.42 Å². The summed E-state index contributed by atoms with van der Waals surface area (Å²) < 4.78 is 9.22. The molecule has 2 atom stereocenters. The largest absolute Gasteiger partial charge is 0.456 e. The van der Waals surface area contributed by atoms with Gasteiger partial charge in [0.2, 0.25) is 0 Å². The van der Waals surface area contributed by atoms with E-state index in [0.717, 1.165) is 21.9 Å². The summed E-state index contributed by atoms with van der Waals surface area (Å²) in [5.41, 5.74) is 9.74. The molecule has 11 aromatic rings. The maximum Gasteiger partial charge on any atom is 0.135 e. The maximum atomic E-state index is 6.51. The summed E-state index contributed by atoms with van der Waals surface area (Å²) in [6.45, 7) is 4.85. The fourth-order valence-electron chi connectivity index (χ4n) is 10.8. The van der Waals surface area contributed by atoms with Crippen LogP contribution in [0, 0.1) is 5.92 Å². The molecule has 2 heterocycles. The number of hydrogen-bond donors (Lipinski definition) is 0. The summed E-state index contributed by atoms with van der Waals surface area (Å²) >= 11 is 1.91. The Bertz CT molecular complexity index is 3600. The Balaban J connectivity index is 0.986. The van der Waals surface area contributed by atoms with Crippen LogP contribution in [0.4, 0.5) is 0 Å². The standard InChI is InChI=1S/C55H36OS/c1-55(2)47-17-9-7-16-42(47)52-38-14-5-3-11-34(38)43(30-48(52)55)33-21-26-50-46(29-33)45-28-32(20-25-49(45)56-50)31-19-22-36-40-23-24-41-37-13-8-10-18-51(37)57-54(41)53(40)39-15-6-4-12-35(39)44(36)27-31/h3-30,42,47H,1-2H3. The number of rotatable bonds is 2. The van der Waals surface area contributed by atoms with E-state index in [4.69, 9.17) is 4.42 Å². The van der Waals surface area contributed by atoms with Gasteiger partial charge in [0.05, 0.1) is 0 Å². The lowest BCUT2D eigenvalue weighted by molar-refractivity contribution is 0.394. The number of allylic oxidation sites excluding steroid dienone is 4. The highest BCUT2D eigenvalue weighted by Gasteiger charge is 2.45. The van der Waals surface area contributed by atoms with Gasteiger partial charge in [0.1, 0.15) is 11.2 Å². The second kappa shape index (κ2) is 11.3. The predicted molar refractivity (Wildman–Crippen MR) is 245 cm³/mol. The van der Waals surface area contributed by atoms with E-state index in [2.05, 4.69) is 184 Å². The molecule has 2 aromatic heterocycles. The Morgan fingerprint density at radius 1 is 0.474 bits per heavy atom. The van der Waals surface area contributed by atoms with Crippen LogP contribution in [0.2, 0.25) is 0 Å². The van der Waals surface area contributed by atoms with E-state index in [1.165, 1.54) is 96.6 Å². The Morgan fingerprint density at radius 3 is 1.88 bits per heavy atom. The first kappa shape index (κ1) is 31.7. The molecule has 0 radical (unpaired) electrons. The van der Waals surface area contributed by atoms with Gasteiger partial charge in [-0.25, -0.2) is 0 Å². The van der Waals surface area contributed by atoms with Crippen molar-refractivity contribution >= 4 is 96.5 Å². The molecule has 0 saturated heterocycles. The van der Waals surface area contributed by atoms with Crippen LogP contribution in [-0.4, -0.2) is 0 Å². The van der Waals surface area contributed by atoms with Crippen LogP contribution in [0.25, 0.3) is 107 Å². The fourth-order valence-corrected chi connectivity index (χ4v) is 12.1. The highest BCUT2D eigenvalue weighted by Crippen LogP contribution is 2.56. The Morgan fingerprint density at radius 2 is 1.05 bits per heavy atom. The number of thiophene rings is 1. The van der Waals surface area contributed by atoms with Crippen molar-refractivity contribution in [2.45, 2.75) is 25.2 Å². The summed E-state index contributed by atoms with van der Waals surface area (Å²) in [4.78, 5) is 0. The molecular weight excluding hydrogens is 709 g/mol. The van der Waals surface area contributed by atoms with Gasteiger partial charge in [-0.05, 0) is 125 Å². The average molecular weight is 745 g/mol. The van der Waals surface area contributed by atoms with Crippen LogP contribution < -0.4 is 0 Å². The smallest absolute Gasteiger partial charge is 0.135 e. The first-order valence-corrected chi connectivity index (χ1v) is 20.9. The van der Waals surface area contributed by atoms with Gasteiger partial charge in [-0.1, -0.05) is 141 Å². The van der Waals surface area contributed by atoms with Crippen LogP contribution >= 0.6 is 11.3 Å². The van der Waals surface area contributed by atoms with Gasteiger partial charge < -0.3 is 4.42 Å². The summed E-state index contributed by atoms with van der Waals surface area (Å²) in [7, 11) is 0. The summed E-state index contributed by atoms with van der Waals surface area (Å²) in [5, 5.41) is 15.5. The molecule has 268 valence electrons. The number of fused-ring (bicyclic) bond motifs is 18. The molecule has 2 heteroatoms. The lowest BCUT2D eigenvalue weighted by atomic mass is 9.74. The Kier molecular flexibility index (Phi) is 6.29. The Labute approximate surface area is 333 Å². The third-order valence-electron chi connectivity index (χ3n) is 13.5. The van der Waals surface area contributed by atoms with Crippen LogP contribution in [0.5, 0.6) is 0 Å². The van der Waals surface area contributed by atoms with Crippen molar-refractivity contribution in [2.24, 2.45) is 5.92 Å². The zero-order valence-electron chi connectivity index (χ0n) is 31.6. The monoisotopic (exact) mass is 744 g/mol. The lowest BCUT2D eigenvalue weighted by Gasteiger charge is -2.29. The zero-order valence-corrected chi connectivity index (χ0v) is 32.5. The number of hydrogen-bond acceptors (Lipinski definition) is 2. The lowest BCUT2D eigenvalue weighted by Crippen LogP contribution is -2.24. The Hall–Kier alpha value is -6.48. The quantitative estimate of drug-likeness (QED) is 0.161. The van der Waals surface area contributed by atoms with E-state index in [0.29, 0.717) is 11.8 Å². The molecular formula is C55H36OS. The van der Waals surface area contributed by atoms with Crippen molar-refractivity contribution in [3.63, 3.8) is 0 Å². The van der Waals surface area contributed by atoms with Crippen LogP contribution in [0.1, 0.15) is 30.9 Å². The molecule has 0 N–H and O–H groups in total. The van der Waals surface area contributed by atoms with Crippen LogP contribution in [-0.2, 0) is 5.41 Å². The van der Waals surface area contributed by atoms with Gasteiger partial charge in [0.15, 0.2) is 0 Å². The summed E-state index contributed by atoms with van der Waals surface area (Å²) in [6, 6.07) is 54.5. The minimum Gasteiger partial charge on any atom is -0.456 e. The minimum absolute atomic E-state index is 0.0314. The predicted octanol–water partition coefficient (Wildman–Crippen LogP) is 16.0. The van der Waals surface area contributed by atoms with Gasteiger partial charge in [-0.2, -0.15) is 0 Å². The van der Waals surface area contributed by atoms with E-state index in [1.807, 2.05) is 11.3 Å². The molecule has 1 nitrogen and oxygen atoms in total. The molecule has 0 fully saturated rings. The van der Waals surface area contributed by atoms with Crippen molar-refractivity contribution in [1.29, 1.82) is 0 Å². The van der Waals surface area contributed by atoms with E-state index < -0.39 is 0 Å². The normalized spacial score (nSPS) is 17.3.